The highest BCUT2D eigenvalue weighted by Gasteiger charge is 2.25. The summed E-state index contributed by atoms with van der Waals surface area (Å²) in [6.07, 6.45) is 0.632. The summed E-state index contributed by atoms with van der Waals surface area (Å²) < 4.78 is 0. The molecule has 7 nitrogen and oxygen atoms in total. The van der Waals surface area contributed by atoms with Gasteiger partial charge in [0.1, 0.15) is 11.9 Å². The van der Waals surface area contributed by atoms with Gasteiger partial charge in [0.05, 0.1) is 0 Å². The summed E-state index contributed by atoms with van der Waals surface area (Å²) in [6.45, 7) is 5.30. The zero-order chi connectivity index (χ0) is 13.0. The van der Waals surface area contributed by atoms with Crippen molar-refractivity contribution in [3.63, 3.8) is 0 Å². The number of carboxylic acids is 1. The Morgan fingerprint density at radius 3 is 2.53 bits per heavy atom. The number of nitrogens with one attached hydrogen (secondary N) is 2. The van der Waals surface area contributed by atoms with E-state index in [0.717, 1.165) is 0 Å². The molecule has 0 aliphatic heterocycles. The number of aryl methyl sites for hydroxylation is 1. The van der Waals surface area contributed by atoms with E-state index in [4.69, 9.17) is 5.11 Å². The molecule has 17 heavy (non-hydrogen) atoms. The number of carbonyl (C=O) groups excluding carboxylic acids is 1. The first-order chi connectivity index (χ1) is 7.95. The zero-order valence-corrected chi connectivity index (χ0v) is 10.0. The number of amides is 1. The maximum atomic E-state index is 11.7. The van der Waals surface area contributed by atoms with E-state index >= 15 is 0 Å². The molecule has 0 saturated heterocycles. The van der Waals surface area contributed by atoms with Gasteiger partial charge < -0.3 is 10.4 Å². The van der Waals surface area contributed by atoms with Gasteiger partial charge in [-0.2, -0.15) is 0 Å². The number of aromatic amines is 1. The summed E-state index contributed by atoms with van der Waals surface area (Å²) >= 11 is 0. The Bertz CT molecular complexity index is 413. The first kappa shape index (κ1) is 13.1. The Morgan fingerprint density at radius 1 is 1.47 bits per heavy atom. The predicted molar refractivity (Wildman–Crippen MR) is 59.5 cm³/mol. The first-order valence-electron chi connectivity index (χ1n) is 5.40. The molecule has 0 unspecified atom stereocenters. The summed E-state index contributed by atoms with van der Waals surface area (Å²) in [4.78, 5) is 26.5. The number of rotatable bonds is 5. The number of carbonyl (C=O) groups is 2. The molecule has 1 amide bonds. The van der Waals surface area contributed by atoms with E-state index < -0.39 is 17.9 Å². The van der Waals surface area contributed by atoms with Crippen molar-refractivity contribution in [2.45, 2.75) is 33.2 Å². The standard InChI is InChI=1S/C10H16N4O3/c1-4-6-11-8(14-13-6)9(15)12-7(5(2)3)10(16)17/h5,7H,4H2,1-3H3,(H,12,15)(H,16,17)(H,11,13,14)/t7-/m1/s1. The lowest BCUT2D eigenvalue weighted by atomic mass is 10.1. The molecule has 1 heterocycles. The molecular formula is C10H16N4O3. The van der Waals surface area contributed by atoms with Gasteiger partial charge in [0, 0.05) is 6.42 Å². The second-order valence-corrected chi connectivity index (χ2v) is 3.99. The third-order valence-electron chi connectivity index (χ3n) is 2.29. The highest BCUT2D eigenvalue weighted by atomic mass is 16.4. The monoisotopic (exact) mass is 240 g/mol. The smallest absolute Gasteiger partial charge is 0.326 e. The van der Waals surface area contributed by atoms with Crippen LogP contribution in [-0.2, 0) is 11.2 Å². The number of aliphatic carboxylic acids is 1. The second kappa shape index (κ2) is 5.42. The van der Waals surface area contributed by atoms with Crippen LogP contribution in [0, 0.1) is 5.92 Å². The molecule has 0 fully saturated rings. The van der Waals surface area contributed by atoms with Crippen LogP contribution in [0.2, 0.25) is 0 Å². The molecule has 1 aromatic rings. The molecule has 1 aromatic heterocycles. The maximum Gasteiger partial charge on any atom is 0.326 e. The van der Waals surface area contributed by atoms with E-state index in [0.29, 0.717) is 12.2 Å². The fraction of sp³-hybridized carbons (Fsp3) is 0.600. The largest absolute Gasteiger partial charge is 0.480 e. The summed E-state index contributed by atoms with van der Waals surface area (Å²) in [7, 11) is 0. The summed E-state index contributed by atoms with van der Waals surface area (Å²) in [5.41, 5.74) is 0. The van der Waals surface area contributed by atoms with E-state index in [1.165, 1.54) is 0 Å². The molecule has 3 N–H and O–H groups in total. The number of H-pyrrole nitrogens is 1. The Hall–Kier alpha value is -1.92. The highest BCUT2D eigenvalue weighted by Crippen LogP contribution is 2.03. The Morgan fingerprint density at radius 2 is 2.12 bits per heavy atom. The van der Waals surface area contributed by atoms with Crippen LogP contribution in [0.15, 0.2) is 0 Å². The number of carboxylic acid groups (broad SMARTS) is 1. The van der Waals surface area contributed by atoms with E-state index in [-0.39, 0.29) is 11.7 Å². The van der Waals surface area contributed by atoms with Crippen LogP contribution >= 0.6 is 0 Å². The molecular weight excluding hydrogens is 224 g/mol. The fourth-order valence-electron chi connectivity index (χ4n) is 1.27. The van der Waals surface area contributed by atoms with Crippen molar-refractivity contribution in [3.8, 4) is 0 Å². The average Bonchev–Trinajstić information content (AvgIpc) is 2.73. The lowest BCUT2D eigenvalue weighted by Gasteiger charge is -2.16. The van der Waals surface area contributed by atoms with Gasteiger partial charge in [-0.3, -0.25) is 9.89 Å². The van der Waals surface area contributed by atoms with Gasteiger partial charge in [0.25, 0.3) is 5.91 Å². The fourth-order valence-corrected chi connectivity index (χ4v) is 1.27. The van der Waals surface area contributed by atoms with Crippen molar-refractivity contribution in [1.29, 1.82) is 0 Å². The Labute approximate surface area is 98.6 Å². The van der Waals surface area contributed by atoms with Gasteiger partial charge in [0.15, 0.2) is 0 Å². The van der Waals surface area contributed by atoms with Gasteiger partial charge in [-0.05, 0) is 5.92 Å². The van der Waals surface area contributed by atoms with Gasteiger partial charge >= 0.3 is 5.97 Å². The third kappa shape index (κ3) is 3.27. The van der Waals surface area contributed by atoms with Crippen molar-refractivity contribution in [2.24, 2.45) is 5.92 Å². The quantitative estimate of drug-likeness (QED) is 0.681. The van der Waals surface area contributed by atoms with Crippen LogP contribution in [0.1, 0.15) is 37.2 Å². The molecule has 1 rings (SSSR count). The number of aromatic nitrogens is 3. The van der Waals surface area contributed by atoms with Gasteiger partial charge in [-0.15, -0.1) is 5.10 Å². The number of hydrogen-bond donors (Lipinski definition) is 3. The Balaban J connectivity index is 2.73. The van der Waals surface area contributed by atoms with Gasteiger partial charge in [0.2, 0.25) is 5.82 Å². The highest BCUT2D eigenvalue weighted by molar-refractivity contribution is 5.93. The first-order valence-corrected chi connectivity index (χ1v) is 5.40. The lowest BCUT2D eigenvalue weighted by Crippen LogP contribution is -2.44. The van der Waals surface area contributed by atoms with Crippen molar-refractivity contribution in [2.75, 3.05) is 0 Å². The molecule has 0 spiro atoms. The molecule has 0 aliphatic carbocycles. The molecule has 0 saturated carbocycles. The molecule has 0 radical (unpaired) electrons. The lowest BCUT2D eigenvalue weighted by molar-refractivity contribution is -0.140. The second-order valence-electron chi connectivity index (χ2n) is 3.99. The summed E-state index contributed by atoms with van der Waals surface area (Å²) in [5, 5.41) is 17.6. The van der Waals surface area contributed by atoms with Crippen LogP contribution < -0.4 is 5.32 Å². The van der Waals surface area contributed by atoms with Crippen molar-refractivity contribution >= 4 is 11.9 Å². The van der Waals surface area contributed by atoms with Crippen LogP contribution in [-0.4, -0.2) is 38.2 Å². The van der Waals surface area contributed by atoms with Crippen molar-refractivity contribution in [3.05, 3.63) is 11.6 Å². The van der Waals surface area contributed by atoms with E-state index in [1.807, 2.05) is 6.92 Å². The predicted octanol–water partition coefficient (Wildman–Crippen LogP) is 0.206. The number of nitrogens with zero attached hydrogens (tertiary/aromatic N) is 2. The van der Waals surface area contributed by atoms with Crippen molar-refractivity contribution < 1.29 is 14.7 Å². The molecule has 0 aromatic carbocycles. The minimum atomic E-state index is -1.07. The zero-order valence-electron chi connectivity index (χ0n) is 10.0. The van der Waals surface area contributed by atoms with Crippen molar-refractivity contribution in [1.82, 2.24) is 20.5 Å². The minimum Gasteiger partial charge on any atom is -0.480 e. The van der Waals surface area contributed by atoms with E-state index in [9.17, 15) is 9.59 Å². The normalized spacial score (nSPS) is 12.5. The molecule has 0 aliphatic rings. The van der Waals surface area contributed by atoms with E-state index in [2.05, 4.69) is 20.5 Å². The van der Waals surface area contributed by atoms with E-state index in [1.54, 1.807) is 13.8 Å². The number of hydrogen-bond acceptors (Lipinski definition) is 4. The van der Waals surface area contributed by atoms with Crippen LogP contribution in [0.3, 0.4) is 0 Å². The molecule has 7 heteroatoms. The third-order valence-corrected chi connectivity index (χ3v) is 2.29. The topological polar surface area (TPSA) is 108 Å². The minimum absolute atomic E-state index is 0.0336. The molecule has 94 valence electrons. The molecule has 1 atom stereocenters. The summed E-state index contributed by atoms with van der Waals surface area (Å²) in [5.74, 6) is -1.30. The Kier molecular flexibility index (Phi) is 4.19. The SMILES string of the molecule is CCc1nc(C(=O)N[C@@H](C(=O)O)C(C)C)n[nH]1. The van der Waals surface area contributed by atoms with Gasteiger partial charge in [-0.25, -0.2) is 9.78 Å². The van der Waals surface area contributed by atoms with Crippen LogP contribution in [0.5, 0.6) is 0 Å². The van der Waals surface area contributed by atoms with Crippen LogP contribution in [0.4, 0.5) is 0 Å². The van der Waals surface area contributed by atoms with Crippen LogP contribution in [0.25, 0.3) is 0 Å². The maximum absolute atomic E-state index is 11.7. The molecule has 0 bridgehead atoms. The van der Waals surface area contributed by atoms with Gasteiger partial charge in [-0.1, -0.05) is 20.8 Å². The summed E-state index contributed by atoms with van der Waals surface area (Å²) in [6, 6.07) is -0.939. The average molecular weight is 240 g/mol.